The summed E-state index contributed by atoms with van der Waals surface area (Å²) in [5.41, 5.74) is 1.74. The lowest BCUT2D eigenvalue weighted by molar-refractivity contribution is 0.0274. The number of halogens is 1. The number of carbonyl (C=O) groups is 3. The quantitative estimate of drug-likeness (QED) is 0.278. The Morgan fingerprint density at radius 1 is 1.07 bits per heavy atom. The van der Waals surface area contributed by atoms with Crippen molar-refractivity contribution in [2.75, 3.05) is 32.7 Å². The number of amides is 3. The van der Waals surface area contributed by atoms with Gasteiger partial charge >= 0.3 is 12.2 Å². The van der Waals surface area contributed by atoms with Gasteiger partial charge < -0.3 is 29.3 Å². The van der Waals surface area contributed by atoms with Crippen LogP contribution in [-0.2, 0) is 16.1 Å². The van der Waals surface area contributed by atoms with E-state index in [1.165, 1.54) is 18.3 Å². The molecule has 0 aliphatic carbocycles. The molecule has 11 heteroatoms. The van der Waals surface area contributed by atoms with Crippen molar-refractivity contribution in [3.8, 4) is 17.0 Å². The molecule has 4 rings (SSSR count). The number of likely N-dealkylation sites (tertiary alicyclic amines) is 1. The Morgan fingerprint density at radius 3 is 2.49 bits per heavy atom. The Hall–Kier alpha value is -4.67. The van der Waals surface area contributed by atoms with Crippen LogP contribution < -0.4 is 10.1 Å². The molecule has 0 saturated carbocycles. The first kappa shape index (κ1) is 33.2. The van der Waals surface area contributed by atoms with Gasteiger partial charge in [0.2, 0.25) is 5.88 Å². The van der Waals surface area contributed by atoms with Gasteiger partial charge in [0.25, 0.3) is 5.91 Å². The fraction of sp³-hybridized carbons (Fsp3) is 0.412. The molecule has 240 valence electrons. The molecule has 2 aromatic carbocycles. The van der Waals surface area contributed by atoms with E-state index < -0.39 is 23.6 Å². The third-order valence-corrected chi connectivity index (χ3v) is 6.97. The van der Waals surface area contributed by atoms with Gasteiger partial charge in [-0.05, 0) is 56.5 Å². The number of rotatable bonds is 11. The number of aromatic nitrogens is 1. The van der Waals surface area contributed by atoms with Crippen LogP contribution in [0.2, 0.25) is 0 Å². The van der Waals surface area contributed by atoms with Gasteiger partial charge in [0.15, 0.2) is 0 Å². The van der Waals surface area contributed by atoms with E-state index in [4.69, 9.17) is 14.2 Å². The summed E-state index contributed by atoms with van der Waals surface area (Å²) in [6, 6.07) is 16.9. The van der Waals surface area contributed by atoms with Crippen LogP contribution in [0.5, 0.6) is 5.88 Å². The second kappa shape index (κ2) is 15.4. The maximum atomic E-state index is 13.8. The van der Waals surface area contributed by atoms with Gasteiger partial charge in [0, 0.05) is 44.4 Å². The summed E-state index contributed by atoms with van der Waals surface area (Å²) in [4.78, 5) is 46.1. The van der Waals surface area contributed by atoms with Crippen molar-refractivity contribution < 1.29 is 33.0 Å². The SMILES string of the molecule is CCCN(CCNC(=O)OCc1ccccc1)C(=O)c1cnc(O[C@H]2CCN(C(=O)OC(C)(C)C)C2)c(-c2ccc(F)cc2)c1. The normalized spacial score (nSPS) is 14.5. The van der Waals surface area contributed by atoms with Gasteiger partial charge in [-0.3, -0.25) is 4.79 Å². The predicted octanol–water partition coefficient (Wildman–Crippen LogP) is 6.05. The topological polar surface area (TPSA) is 110 Å². The van der Waals surface area contributed by atoms with Crippen molar-refractivity contribution in [3.05, 3.63) is 83.8 Å². The lowest BCUT2D eigenvalue weighted by atomic mass is 10.0. The number of nitrogens with one attached hydrogen (secondary N) is 1. The lowest BCUT2D eigenvalue weighted by Gasteiger charge is -2.24. The summed E-state index contributed by atoms with van der Waals surface area (Å²) < 4.78 is 30.8. The molecule has 1 atom stereocenters. The highest BCUT2D eigenvalue weighted by molar-refractivity contribution is 5.95. The fourth-order valence-electron chi connectivity index (χ4n) is 4.81. The van der Waals surface area contributed by atoms with Crippen LogP contribution in [0, 0.1) is 5.82 Å². The van der Waals surface area contributed by atoms with Crippen molar-refractivity contribution in [2.24, 2.45) is 0 Å². The third kappa shape index (κ3) is 9.92. The molecule has 1 N–H and O–H groups in total. The van der Waals surface area contributed by atoms with E-state index in [0.29, 0.717) is 49.2 Å². The molecule has 1 aromatic heterocycles. The van der Waals surface area contributed by atoms with E-state index in [0.717, 1.165) is 5.56 Å². The van der Waals surface area contributed by atoms with Crippen molar-refractivity contribution in [1.82, 2.24) is 20.1 Å². The first-order valence-corrected chi connectivity index (χ1v) is 15.2. The van der Waals surface area contributed by atoms with Crippen LogP contribution in [0.3, 0.4) is 0 Å². The predicted molar refractivity (Wildman–Crippen MR) is 167 cm³/mol. The molecule has 0 spiro atoms. The minimum absolute atomic E-state index is 0.149. The number of pyridine rings is 1. The molecule has 0 radical (unpaired) electrons. The van der Waals surface area contributed by atoms with E-state index in [2.05, 4.69) is 10.3 Å². The molecule has 3 amide bonds. The largest absolute Gasteiger partial charge is 0.472 e. The van der Waals surface area contributed by atoms with Gasteiger partial charge in [-0.15, -0.1) is 0 Å². The van der Waals surface area contributed by atoms with E-state index in [1.54, 1.807) is 28.0 Å². The van der Waals surface area contributed by atoms with Crippen LogP contribution in [-0.4, -0.2) is 77.3 Å². The first-order valence-electron chi connectivity index (χ1n) is 15.2. The van der Waals surface area contributed by atoms with Crippen LogP contribution in [0.25, 0.3) is 11.1 Å². The molecule has 1 saturated heterocycles. The number of carbonyl (C=O) groups excluding carboxylic acids is 3. The summed E-state index contributed by atoms with van der Waals surface area (Å²) in [5.74, 6) is -0.385. The Labute approximate surface area is 263 Å². The maximum Gasteiger partial charge on any atom is 0.410 e. The number of benzene rings is 2. The van der Waals surface area contributed by atoms with Crippen LogP contribution in [0.1, 0.15) is 56.5 Å². The standard InChI is InChI=1S/C34H41FN4O6/c1-5-17-38(19-16-36-32(41)43-23-24-9-7-6-8-10-24)31(40)26-20-29(25-11-13-27(35)14-12-25)30(37-21-26)44-28-15-18-39(22-28)33(42)45-34(2,3)4/h6-14,20-21,28H,5,15-19,22-23H2,1-4H3,(H,36,41)/t28-/m0/s1. The zero-order valence-corrected chi connectivity index (χ0v) is 26.3. The first-order chi connectivity index (χ1) is 21.5. The highest BCUT2D eigenvalue weighted by Crippen LogP contribution is 2.32. The average molecular weight is 621 g/mol. The molecule has 2 heterocycles. The molecule has 3 aromatic rings. The summed E-state index contributed by atoms with van der Waals surface area (Å²) in [6.07, 6.45) is 1.43. The van der Waals surface area contributed by atoms with E-state index in [-0.39, 0.29) is 37.6 Å². The van der Waals surface area contributed by atoms with Crippen molar-refractivity contribution in [2.45, 2.75) is 58.8 Å². The van der Waals surface area contributed by atoms with Gasteiger partial charge in [-0.2, -0.15) is 0 Å². The summed E-state index contributed by atoms with van der Waals surface area (Å²) in [7, 11) is 0. The minimum Gasteiger partial charge on any atom is -0.472 e. The second-order valence-corrected chi connectivity index (χ2v) is 11.8. The number of alkyl carbamates (subject to hydrolysis) is 1. The highest BCUT2D eigenvalue weighted by atomic mass is 19.1. The molecule has 1 aliphatic rings. The van der Waals surface area contributed by atoms with E-state index in [1.807, 2.05) is 58.0 Å². The molecule has 1 aliphatic heterocycles. The van der Waals surface area contributed by atoms with E-state index in [9.17, 15) is 18.8 Å². The number of hydrogen-bond acceptors (Lipinski definition) is 7. The van der Waals surface area contributed by atoms with Gasteiger partial charge in [0.05, 0.1) is 12.1 Å². The average Bonchev–Trinajstić information content (AvgIpc) is 3.48. The van der Waals surface area contributed by atoms with Gasteiger partial charge in [-0.1, -0.05) is 49.4 Å². The van der Waals surface area contributed by atoms with Crippen LogP contribution in [0.15, 0.2) is 66.9 Å². The molecular weight excluding hydrogens is 579 g/mol. The number of nitrogens with zero attached hydrogens (tertiary/aromatic N) is 3. The van der Waals surface area contributed by atoms with Gasteiger partial charge in [-0.25, -0.2) is 19.0 Å². The van der Waals surface area contributed by atoms with Gasteiger partial charge in [0.1, 0.15) is 24.1 Å². The van der Waals surface area contributed by atoms with Crippen LogP contribution in [0.4, 0.5) is 14.0 Å². The molecule has 45 heavy (non-hydrogen) atoms. The Balaban J connectivity index is 1.44. The minimum atomic E-state index is -0.608. The zero-order chi connectivity index (χ0) is 32.4. The maximum absolute atomic E-state index is 13.8. The molecule has 1 fully saturated rings. The van der Waals surface area contributed by atoms with Crippen LogP contribution >= 0.6 is 0 Å². The Kier molecular flexibility index (Phi) is 11.3. The third-order valence-electron chi connectivity index (χ3n) is 6.97. The van der Waals surface area contributed by atoms with E-state index >= 15 is 0 Å². The van der Waals surface area contributed by atoms with Crippen molar-refractivity contribution >= 4 is 18.1 Å². The van der Waals surface area contributed by atoms with Crippen molar-refractivity contribution in [1.29, 1.82) is 0 Å². The van der Waals surface area contributed by atoms with Crippen molar-refractivity contribution in [3.63, 3.8) is 0 Å². The Morgan fingerprint density at radius 2 is 1.80 bits per heavy atom. The molecule has 0 bridgehead atoms. The fourth-order valence-corrected chi connectivity index (χ4v) is 4.81. The number of ether oxygens (including phenoxy) is 3. The monoisotopic (exact) mass is 620 g/mol. The zero-order valence-electron chi connectivity index (χ0n) is 26.3. The molecular formula is C34H41FN4O6. The lowest BCUT2D eigenvalue weighted by Crippen LogP contribution is -2.39. The second-order valence-electron chi connectivity index (χ2n) is 11.8. The summed E-state index contributed by atoms with van der Waals surface area (Å²) in [5, 5.41) is 2.70. The molecule has 0 unspecified atom stereocenters. The smallest absolute Gasteiger partial charge is 0.410 e. The summed E-state index contributed by atoms with van der Waals surface area (Å²) in [6.45, 7) is 9.29. The summed E-state index contributed by atoms with van der Waals surface area (Å²) >= 11 is 0. The highest BCUT2D eigenvalue weighted by Gasteiger charge is 2.32. The molecule has 10 nitrogen and oxygen atoms in total. The Bertz CT molecular complexity index is 1450. The number of hydrogen-bond donors (Lipinski definition) is 1.